The van der Waals surface area contributed by atoms with Crippen molar-refractivity contribution in [2.45, 2.75) is 40.2 Å². The van der Waals surface area contributed by atoms with E-state index in [1.165, 1.54) is 0 Å². The van der Waals surface area contributed by atoms with Crippen molar-refractivity contribution in [1.29, 1.82) is 0 Å². The van der Waals surface area contributed by atoms with Crippen LogP contribution in [0.5, 0.6) is 0 Å². The van der Waals surface area contributed by atoms with E-state index >= 15 is 0 Å². The minimum absolute atomic E-state index is 0.249. The van der Waals surface area contributed by atoms with Gasteiger partial charge in [-0.3, -0.25) is 0 Å². The Morgan fingerprint density at radius 2 is 1.70 bits per heavy atom. The molecule has 1 aromatic rings. The molecule has 0 amide bonds. The summed E-state index contributed by atoms with van der Waals surface area (Å²) in [4.78, 5) is 32.9. The fraction of sp³-hybridized carbons (Fsp3) is 0.529. The number of aliphatic hydroxyl groups is 2. The first-order valence-corrected chi connectivity index (χ1v) is 7.42. The van der Waals surface area contributed by atoms with E-state index in [1.807, 2.05) is 27.7 Å². The highest BCUT2D eigenvalue weighted by atomic mass is 17.2. The number of rotatable bonds is 5. The molecule has 6 nitrogen and oxygen atoms in total. The molecule has 0 aliphatic heterocycles. The first kappa shape index (κ1) is 19.1. The molecule has 0 aliphatic rings. The maximum Gasteiger partial charge on any atom is 0.386 e. The van der Waals surface area contributed by atoms with Crippen molar-refractivity contribution in [2.24, 2.45) is 11.3 Å². The van der Waals surface area contributed by atoms with Crippen LogP contribution in [0.4, 0.5) is 0 Å². The Kier molecular flexibility index (Phi) is 6.72. The SMILES string of the molecule is Cc1ccc(C(=O)OOC(=O)C(CC(C)(C)C)C(O)CO)cc1. The highest BCUT2D eigenvalue weighted by Crippen LogP contribution is 2.27. The van der Waals surface area contributed by atoms with Gasteiger partial charge in [0.25, 0.3) is 0 Å². The lowest BCUT2D eigenvalue weighted by Crippen LogP contribution is -2.35. The third-order valence-electron chi connectivity index (χ3n) is 3.27. The number of benzene rings is 1. The Labute approximate surface area is 136 Å². The highest BCUT2D eigenvalue weighted by molar-refractivity contribution is 5.89. The Morgan fingerprint density at radius 3 is 2.17 bits per heavy atom. The molecule has 23 heavy (non-hydrogen) atoms. The van der Waals surface area contributed by atoms with Gasteiger partial charge in [-0.1, -0.05) is 38.5 Å². The van der Waals surface area contributed by atoms with Gasteiger partial charge in [0.15, 0.2) is 0 Å². The second kappa shape index (κ2) is 8.08. The van der Waals surface area contributed by atoms with Crippen molar-refractivity contribution in [3.8, 4) is 0 Å². The van der Waals surface area contributed by atoms with Crippen LogP contribution in [0.25, 0.3) is 0 Å². The van der Waals surface area contributed by atoms with Gasteiger partial charge in [-0.05, 0) is 30.9 Å². The molecule has 0 saturated heterocycles. The van der Waals surface area contributed by atoms with Crippen LogP contribution in [0.15, 0.2) is 24.3 Å². The maximum atomic E-state index is 12.0. The summed E-state index contributed by atoms with van der Waals surface area (Å²) in [5, 5.41) is 18.8. The Balaban J connectivity index is 2.67. The number of hydrogen-bond acceptors (Lipinski definition) is 6. The zero-order chi connectivity index (χ0) is 17.6. The van der Waals surface area contributed by atoms with Crippen LogP contribution in [-0.4, -0.2) is 34.9 Å². The monoisotopic (exact) mass is 324 g/mol. The van der Waals surface area contributed by atoms with E-state index in [2.05, 4.69) is 9.78 Å². The Morgan fingerprint density at radius 1 is 1.13 bits per heavy atom. The van der Waals surface area contributed by atoms with Crippen LogP contribution in [0.2, 0.25) is 0 Å². The molecule has 0 aliphatic carbocycles. The minimum atomic E-state index is -1.28. The summed E-state index contributed by atoms with van der Waals surface area (Å²) in [7, 11) is 0. The summed E-state index contributed by atoms with van der Waals surface area (Å²) in [6.45, 7) is 6.95. The van der Waals surface area contributed by atoms with Crippen LogP contribution in [-0.2, 0) is 14.6 Å². The van der Waals surface area contributed by atoms with Crippen LogP contribution in [0.3, 0.4) is 0 Å². The molecule has 2 atom stereocenters. The third-order valence-corrected chi connectivity index (χ3v) is 3.27. The predicted octanol–water partition coefficient (Wildman–Crippen LogP) is 2.02. The molecule has 0 radical (unpaired) electrons. The fourth-order valence-electron chi connectivity index (χ4n) is 2.04. The molecular weight excluding hydrogens is 300 g/mol. The van der Waals surface area contributed by atoms with Crippen molar-refractivity contribution in [2.75, 3.05) is 6.61 Å². The lowest BCUT2D eigenvalue weighted by molar-refractivity contribution is -0.242. The number of carbonyl (C=O) groups is 2. The van der Waals surface area contributed by atoms with Gasteiger partial charge in [0, 0.05) is 0 Å². The topological polar surface area (TPSA) is 93.1 Å². The lowest BCUT2D eigenvalue weighted by atomic mass is 9.82. The summed E-state index contributed by atoms with van der Waals surface area (Å²) in [5.41, 5.74) is 0.953. The number of hydrogen-bond donors (Lipinski definition) is 2. The summed E-state index contributed by atoms with van der Waals surface area (Å²) >= 11 is 0. The van der Waals surface area contributed by atoms with E-state index in [0.29, 0.717) is 0 Å². The molecule has 1 rings (SSSR count). The van der Waals surface area contributed by atoms with Gasteiger partial charge < -0.3 is 10.2 Å². The van der Waals surface area contributed by atoms with E-state index < -0.39 is 30.6 Å². The van der Waals surface area contributed by atoms with E-state index in [9.17, 15) is 14.7 Å². The third kappa shape index (κ3) is 6.38. The number of aliphatic hydroxyl groups excluding tert-OH is 2. The molecule has 0 fully saturated rings. The van der Waals surface area contributed by atoms with Crippen molar-refractivity contribution in [3.05, 3.63) is 35.4 Å². The van der Waals surface area contributed by atoms with Gasteiger partial charge in [0.2, 0.25) is 0 Å². The first-order valence-electron chi connectivity index (χ1n) is 7.42. The van der Waals surface area contributed by atoms with Crippen molar-refractivity contribution < 1.29 is 29.6 Å². The molecule has 2 N–H and O–H groups in total. The van der Waals surface area contributed by atoms with E-state index in [1.54, 1.807) is 24.3 Å². The predicted molar refractivity (Wildman–Crippen MR) is 83.3 cm³/mol. The zero-order valence-corrected chi connectivity index (χ0v) is 13.9. The van der Waals surface area contributed by atoms with E-state index in [4.69, 9.17) is 5.11 Å². The molecule has 6 heteroatoms. The average Bonchev–Trinajstić information content (AvgIpc) is 2.49. The molecular formula is C17H24O6. The van der Waals surface area contributed by atoms with Gasteiger partial charge in [-0.25, -0.2) is 19.4 Å². The Bertz CT molecular complexity index is 529. The molecule has 0 bridgehead atoms. The van der Waals surface area contributed by atoms with Crippen LogP contribution >= 0.6 is 0 Å². The van der Waals surface area contributed by atoms with E-state index in [-0.39, 0.29) is 17.4 Å². The number of aryl methyl sites for hydroxylation is 1. The first-order chi connectivity index (χ1) is 10.6. The van der Waals surface area contributed by atoms with Gasteiger partial charge in [0.1, 0.15) is 0 Å². The molecule has 0 saturated carbocycles. The summed E-state index contributed by atoms with van der Waals surface area (Å²) in [6, 6.07) is 6.58. The summed E-state index contributed by atoms with van der Waals surface area (Å²) in [6.07, 6.45) is -1.00. The van der Waals surface area contributed by atoms with E-state index in [0.717, 1.165) is 5.56 Å². The Hall–Kier alpha value is -1.92. The quantitative estimate of drug-likeness (QED) is 0.636. The van der Waals surface area contributed by atoms with Gasteiger partial charge in [-0.2, -0.15) is 0 Å². The standard InChI is InChI=1S/C17H24O6/c1-11-5-7-12(8-6-11)15(20)22-23-16(21)13(14(19)10-18)9-17(2,3)4/h5-8,13-14,18-19H,9-10H2,1-4H3. The fourth-order valence-corrected chi connectivity index (χ4v) is 2.04. The second-order valence-electron chi connectivity index (χ2n) is 6.76. The normalized spacial score (nSPS) is 14.0. The molecule has 128 valence electrons. The van der Waals surface area contributed by atoms with Gasteiger partial charge in [0.05, 0.1) is 24.2 Å². The van der Waals surface area contributed by atoms with Crippen LogP contribution in [0, 0.1) is 18.3 Å². The van der Waals surface area contributed by atoms with Crippen LogP contribution in [0.1, 0.15) is 43.1 Å². The molecule has 0 heterocycles. The zero-order valence-electron chi connectivity index (χ0n) is 13.9. The van der Waals surface area contributed by atoms with Crippen molar-refractivity contribution in [3.63, 3.8) is 0 Å². The average molecular weight is 324 g/mol. The second-order valence-corrected chi connectivity index (χ2v) is 6.76. The van der Waals surface area contributed by atoms with Crippen molar-refractivity contribution in [1.82, 2.24) is 0 Å². The summed E-state index contributed by atoms with van der Waals surface area (Å²) in [5.74, 6) is -2.67. The number of carbonyl (C=O) groups excluding carboxylic acids is 2. The summed E-state index contributed by atoms with van der Waals surface area (Å²) < 4.78 is 0. The molecule has 1 aromatic carbocycles. The molecule has 0 spiro atoms. The molecule has 0 aromatic heterocycles. The maximum absolute atomic E-state index is 12.0. The highest BCUT2D eigenvalue weighted by Gasteiger charge is 2.33. The minimum Gasteiger partial charge on any atom is -0.394 e. The van der Waals surface area contributed by atoms with Gasteiger partial charge >= 0.3 is 11.9 Å². The lowest BCUT2D eigenvalue weighted by Gasteiger charge is -2.26. The van der Waals surface area contributed by atoms with Crippen LogP contribution < -0.4 is 0 Å². The van der Waals surface area contributed by atoms with Gasteiger partial charge in [-0.15, -0.1) is 0 Å². The van der Waals surface area contributed by atoms with Crippen molar-refractivity contribution >= 4 is 11.9 Å². The largest absolute Gasteiger partial charge is 0.394 e. The molecule has 2 unspecified atom stereocenters. The smallest absolute Gasteiger partial charge is 0.386 e.